The van der Waals surface area contributed by atoms with Gasteiger partial charge in [-0.2, -0.15) is 0 Å². The zero-order valence-electron chi connectivity index (χ0n) is 11.3. The number of aryl methyl sites for hydroxylation is 1. The number of benzene rings is 2. The van der Waals surface area contributed by atoms with Gasteiger partial charge in [0.15, 0.2) is 0 Å². The lowest BCUT2D eigenvalue weighted by molar-refractivity contribution is 1.02. The molecule has 0 saturated heterocycles. The van der Waals surface area contributed by atoms with E-state index in [2.05, 4.69) is 43.3 Å². The first kappa shape index (κ1) is 13.0. The Morgan fingerprint density at radius 1 is 1.00 bits per heavy atom. The molecule has 2 N–H and O–H groups in total. The second-order valence-electron chi connectivity index (χ2n) is 4.73. The molecule has 0 amide bonds. The fraction of sp³-hybridized carbons (Fsp3) is 0.118. The lowest BCUT2D eigenvalue weighted by atomic mass is 10.1. The minimum Gasteiger partial charge on any atom is -0.325 e. The first-order valence-corrected chi connectivity index (χ1v) is 7.42. The molecule has 0 radical (unpaired) electrons. The van der Waals surface area contributed by atoms with Crippen molar-refractivity contribution in [3.05, 3.63) is 65.9 Å². The van der Waals surface area contributed by atoms with Crippen molar-refractivity contribution in [3.63, 3.8) is 0 Å². The van der Waals surface area contributed by atoms with Gasteiger partial charge in [0.05, 0.1) is 10.6 Å². The molecule has 3 heteroatoms. The molecule has 0 aliphatic heterocycles. The second kappa shape index (κ2) is 5.57. The summed E-state index contributed by atoms with van der Waals surface area (Å²) >= 11 is 1.71. The van der Waals surface area contributed by atoms with Crippen molar-refractivity contribution in [1.29, 1.82) is 0 Å². The third-order valence-electron chi connectivity index (χ3n) is 3.19. The number of rotatable bonds is 3. The van der Waals surface area contributed by atoms with Crippen molar-refractivity contribution in [2.75, 3.05) is 0 Å². The number of hydrogen-bond donors (Lipinski definition) is 1. The average molecular weight is 280 g/mol. The maximum absolute atomic E-state index is 5.85. The van der Waals surface area contributed by atoms with Crippen LogP contribution >= 0.6 is 11.3 Å². The molecule has 2 aromatic carbocycles. The Balaban J connectivity index is 2.10. The van der Waals surface area contributed by atoms with Gasteiger partial charge in [0, 0.05) is 12.1 Å². The minimum atomic E-state index is 0.465. The summed E-state index contributed by atoms with van der Waals surface area (Å²) in [6, 6.07) is 18.7. The van der Waals surface area contributed by atoms with Crippen molar-refractivity contribution in [2.45, 2.75) is 13.5 Å². The van der Waals surface area contributed by atoms with Crippen molar-refractivity contribution in [3.8, 4) is 21.0 Å². The van der Waals surface area contributed by atoms with Crippen molar-refractivity contribution in [1.82, 2.24) is 4.98 Å². The molecule has 1 aromatic heterocycles. The van der Waals surface area contributed by atoms with E-state index in [4.69, 9.17) is 10.7 Å². The summed E-state index contributed by atoms with van der Waals surface area (Å²) in [5.74, 6) is 0. The van der Waals surface area contributed by atoms with Crippen LogP contribution in [-0.2, 0) is 6.54 Å². The molecule has 0 fully saturated rings. The quantitative estimate of drug-likeness (QED) is 0.779. The monoisotopic (exact) mass is 280 g/mol. The zero-order valence-corrected chi connectivity index (χ0v) is 12.2. The highest BCUT2D eigenvalue weighted by atomic mass is 32.1. The summed E-state index contributed by atoms with van der Waals surface area (Å²) in [7, 11) is 0. The maximum Gasteiger partial charge on any atom is 0.124 e. The molecule has 3 rings (SSSR count). The topological polar surface area (TPSA) is 38.9 Å². The van der Waals surface area contributed by atoms with E-state index in [0.29, 0.717) is 6.54 Å². The Labute approximate surface area is 122 Å². The van der Waals surface area contributed by atoms with Crippen LogP contribution in [0.5, 0.6) is 0 Å². The van der Waals surface area contributed by atoms with Gasteiger partial charge in [-0.05, 0) is 18.6 Å². The molecule has 0 spiro atoms. The van der Waals surface area contributed by atoms with E-state index in [1.165, 1.54) is 16.0 Å². The van der Waals surface area contributed by atoms with Crippen LogP contribution in [-0.4, -0.2) is 4.98 Å². The van der Waals surface area contributed by atoms with E-state index in [9.17, 15) is 0 Å². The predicted octanol–water partition coefficient (Wildman–Crippen LogP) is 4.24. The smallest absolute Gasteiger partial charge is 0.124 e. The van der Waals surface area contributed by atoms with Crippen LogP contribution in [0, 0.1) is 6.92 Å². The normalized spacial score (nSPS) is 10.7. The van der Waals surface area contributed by atoms with Gasteiger partial charge in [0.1, 0.15) is 5.01 Å². The molecular weight excluding hydrogens is 264 g/mol. The molecule has 20 heavy (non-hydrogen) atoms. The molecule has 0 saturated carbocycles. The van der Waals surface area contributed by atoms with Gasteiger partial charge in [-0.1, -0.05) is 54.1 Å². The van der Waals surface area contributed by atoms with Crippen LogP contribution < -0.4 is 5.73 Å². The van der Waals surface area contributed by atoms with Crippen LogP contribution in [0.2, 0.25) is 0 Å². The van der Waals surface area contributed by atoms with Crippen LogP contribution in [0.15, 0.2) is 54.6 Å². The summed E-state index contributed by atoms with van der Waals surface area (Å²) in [6.07, 6.45) is 0. The minimum absolute atomic E-state index is 0.465. The standard InChI is InChI=1S/C17H16N2S/c1-12-6-5-9-14(10-12)17-19-15(11-18)16(20-17)13-7-3-2-4-8-13/h2-10H,11,18H2,1H3. The van der Waals surface area contributed by atoms with Crippen LogP contribution in [0.25, 0.3) is 21.0 Å². The highest BCUT2D eigenvalue weighted by Gasteiger charge is 2.12. The summed E-state index contributed by atoms with van der Waals surface area (Å²) in [6.45, 7) is 2.56. The van der Waals surface area contributed by atoms with Crippen LogP contribution in [0.3, 0.4) is 0 Å². The first-order chi connectivity index (χ1) is 9.78. The lowest BCUT2D eigenvalue weighted by Gasteiger charge is -1.98. The molecule has 3 aromatic rings. The molecule has 2 nitrogen and oxygen atoms in total. The van der Waals surface area contributed by atoms with Gasteiger partial charge in [-0.3, -0.25) is 0 Å². The first-order valence-electron chi connectivity index (χ1n) is 6.60. The highest BCUT2D eigenvalue weighted by molar-refractivity contribution is 7.18. The van der Waals surface area contributed by atoms with Crippen LogP contribution in [0.4, 0.5) is 0 Å². The van der Waals surface area contributed by atoms with Gasteiger partial charge < -0.3 is 5.73 Å². The fourth-order valence-corrected chi connectivity index (χ4v) is 3.30. The van der Waals surface area contributed by atoms with Crippen molar-refractivity contribution < 1.29 is 0 Å². The summed E-state index contributed by atoms with van der Waals surface area (Å²) < 4.78 is 0. The average Bonchev–Trinajstić information content (AvgIpc) is 2.92. The third kappa shape index (κ3) is 2.50. The van der Waals surface area contributed by atoms with Gasteiger partial charge in [-0.15, -0.1) is 11.3 Å². The van der Waals surface area contributed by atoms with Gasteiger partial charge in [0.25, 0.3) is 0 Å². The second-order valence-corrected chi connectivity index (χ2v) is 5.73. The Bertz CT molecular complexity index is 717. The number of thiazole rings is 1. The van der Waals surface area contributed by atoms with E-state index in [1.54, 1.807) is 11.3 Å². The van der Waals surface area contributed by atoms with Crippen LogP contribution in [0.1, 0.15) is 11.3 Å². The molecule has 0 aliphatic rings. The molecule has 0 bridgehead atoms. The number of nitrogens with zero attached hydrogens (tertiary/aromatic N) is 1. The SMILES string of the molecule is Cc1cccc(-c2nc(CN)c(-c3ccccc3)s2)c1. The van der Waals surface area contributed by atoms with E-state index >= 15 is 0 Å². The van der Waals surface area contributed by atoms with E-state index in [-0.39, 0.29) is 0 Å². The summed E-state index contributed by atoms with van der Waals surface area (Å²) in [5.41, 5.74) is 10.4. The Hall–Kier alpha value is -1.97. The van der Waals surface area contributed by atoms with E-state index < -0.39 is 0 Å². The highest BCUT2D eigenvalue weighted by Crippen LogP contribution is 2.35. The zero-order chi connectivity index (χ0) is 13.9. The molecular formula is C17H16N2S. The van der Waals surface area contributed by atoms with E-state index in [0.717, 1.165) is 16.3 Å². The maximum atomic E-state index is 5.85. The van der Waals surface area contributed by atoms with E-state index in [1.807, 2.05) is 18.2 Å². The number of hydrogen-bond acceptors (Lipinski definition) is 3. The number of nitrogens with two attached hydrogens (primary N) is 1. The Kier molecular flexibility index (Phi) is 3.63. The van der Waals surface area contributed by atoms with Gasteiger partial charge in [-0.25, -0.2) is 4.98 Å². The molecule has 1 heterocycles. The van der Waals surface area contributed by atoms with Crippen molar-refractivity contribution in [2.24, 2.45) is 5.73 Å². The number of aromatic nitrogens is 1. The summed E-state index contributed by atoms with van der Waals surface area (Å²) in [5, 5.41) is 1.04. The van der Waals surface area contributed by atoms with Gasteiger partial charge in [0.2, 0.25) is 0 Å². The Morgan fingerprint density at radius 2 is 1.75 bits per heavy atom. The fourth-order valence-electron chi connectivity index (χ4n) is 2.21. The lowest BCUT2D eigenvalue weighted by Crippen LogP contribution is -1.98. The predicted molar refractivity (Wildman–Crippen MR) is 85.6 cm³/mol. The largest absolute Gasteiger partial charge is 0.325 e. The van der Waals surface area contributed by atoms with Gasteiger partial charge >= 0.3 is 0 Å². The third-order valence-corrected chi connectivity index (χ3v) is 4.39. The molecule has 0 aliphatic carbocycles. The van der Waals surface area contributed by atoms with Crippen molar-refractivity contribution >= 4 is 11.3 Å². The Morgan fingerprint density at radius 3 is 2.45 bits per heavy atom. The molecule has 0 unspecified atom stereocenters. The molecule has 100 valence electrons. The summed E-state index contributed by atoms with van der Waals surface area (Å²) in [4.78, 5) is 5.88. The molecule has 0 atom stereocenters.